The van der Waals surface area contributed by atoms with Crippen molar-refractivity contribution in [3.8, 4) is 0 Å². The number of aliphatic hydroxyl groups is 2. The van der Waals surface area contributed by atoms with Gasteiger partial charge in [-0.05, 0) is 31.6 Å². The third kappa shape index (κ3) is 1.50. The second-order valence-electron chi connectivity index (χ2n) is 6.97. The van der Waals surface area contributed by atoms with E-state index in [0.717, 1.165) is 12.8 Å². The fraction of sp³-hybridized carbons (Fsp3) is 0.800. The van der Waals surface area contributed by atoms with Gasteiger partial charge in [0, 0.05) is 11.3 Å². The molecule has 0 heterocycles. The summed E-state index contributed by atoms with van der Waals surface area (Å²) in [4.78, 5) is 12.0. The highest BCUT2D eigenvalue weighted by Crippen LogP contribution is 2.63. The summed E-state index contributed by atoms with van der Waals surface area (Å²) in [6, 6.07) is 0. The van der Waals surface area contributed by atoms with E-state index in [1.54, 1.807) is 0 Å². The van der Waals surface area contributed by atoms with Gasteiger partial charge in [-0.2, -0.15) is 0 Å². The van der Waals surface area contributed by atoms with Crippen LogP contribution < -0.4 is 0 Å². The molecule has 2 N–H and O–H groups in total. The van der Waals surface area contributed by atoms with E-state index in [-0.39, 0.29) is 23.7 Å². The first-order chi connectivity index (χ1) is 8.83. The van der Waals surface area contributed by atoms with Crippen molar-refractivity contribution in [2.45, 2.75) is 38.9 Å². The summed E-state index contributed by atoms with van der Waals surface area (Å²) in [6.45, 7) is 3.94. The molecule has 19 heavy (non-hydrogen) atoms. The average molecular weight is 266 g/mol. The van der Waals surface area contributed by atoms with Gasteiger partial charge in [-0.15, -0.1) is 0 Å². The van der Waals surface area contributed by atoms with E-state index in [1.165, 1.54) is 7.11 Å². The van der Waals surface area contributed by atoms with Crippen molar-refractivity contribution in [3.63, 3.8) is 0 Å². The molecule has 0 spiro atoms. The standard InChI is InChI=1S/C15H22O4/c1-14(13(18)19-3)6-9-8-4-5-15(2,10(9)7-14)12(17)11(8)16/h4-5,8-12,16-17H,6-7H2,1-3H3/t8-,9+,10+,11-,12-,14-,15+/m0/s1. The van der Waals surface area contributed by atoms with Gasteiger partial charge in [0.1, 0.15) is 0 Å². The first kappa shape index (κ1) is 13.1. The molecule has 4 nitrogen and oxygen atoms in total. The van der Waals surface area contributed by atoms with Crippen molar-refractivity contribution in [3.05, 3.63) is 12.2 Å². The van der Waals surface area contributed by atoms with Crippen LogP contribution in [0.25, 0.3) is 0 Å². The molecule has 0 aromatic heterocycles. The monoisotopic (exact) mass is 266 g/mol. The summed E-state index contributed by atoms with van der Waals surface area (Å²) in [5.41, 5.74) is -0.913. The van der Waals surface area contributed by atoms with Crippen LogP contribution in [0.1, 0.15) is 26.7 Å². The number of fused-ring (bicyclic) bond motifs is 1. The van der Waals surface area contributed by atoms with Gasteiger partial charge >= 0.3 is 5.97 Å². The molecule has 4 rings (SSSR count). The average Bonchev–Trinajstić information content (AvgIpc) is 2.75. The summed E-state index contributed by atoms with van der Waals surface area (Å²) in [5, 5.41) is 20.6. The molecule has 4 heteroatoms. The third-order valence-corrected chi connectivity index (χ3v) is 5.88. The van der Waals surface area contributed by atoms with Crippen LogP contribution in [0.15, 0.2) is 12.2 Å². The molecular formula is C15H22O4. The van der Waals surface area contributed by atoms with E-state index in [0.29, 0.717) is 0 Å². The zero-order valence-corrected chi connectivity index (χ0v) is 11.7. The molecule has 2 bridgehead atoms. The van der Waals surface area contributed by atoms with Gasteiger partial charge in [-0.1, -0.05) is 19.1 Å². The molecule has 7 atom stereocenters. The van der Waals surface area contributed by atoms with Crippen molar-refractivity contribution in [1.29, 1.82) is 0 Å². The fourth-order valence-electron chi connectivity index (χ4n) is 4.73. The smallest absolute Gasteiger partial charge is 0.311 e. The lowest BCUT2D eigenvalue weighted by atomic mass is 9.53. The summed E-state index contributed by atoms with van der Waals surface area (Å²) < 4.78 is 4.94. The number of carbonyl (C=O) groups excluding carboxylic acids is 1. The Kier molecular flexibility index (Phi) is 2.64. The maximum Gasteiger partial charge on any atom is 0.311 e. The zero-order chi connectivity index (χ0) is 14.0. The van der Waals surface area contributed by atoms with Gasteiger partial charge < -0.3 is 14.9 Å². The summed E-state index contributed by atoms with van der Waals surface area (Å²) >= 11 is 0. The Bertz CT molecular complexity index is 445. The van der Waals surface area contributed by atoms with Crippen molar-refractivity contribution in [2.75, 3.05) is 7.11 Å². The van der Waals surface area contributed by atoms with E-state index in [1.807, 2.05) is 26.0 Å². The summed E-state index contributed by atoms with van der Waals surface area (Å²) in [5.74, 6) is 0.296. The van der Waals surface area contributed by atoms with Gasteiger partial charge in [0.05, 0.1) is 24.7 Å². The van der Waals surface area contributed by atoms with Crippen molar-refractivity contribution < 1.29 is 19.7 Å². The lowest BCUT2D eigenvalue weighted by Gasteiger charge is -2.54. The highest BCUT2D eigenvalue weighted by atomic mass is 16.5. The van der Waals surface area contributed by atoms with Gasteiger partial charge in [0.15, 0.2) is 0 Å². The minimum Gasteiger partial charge on any atom is -0.469 e. The Morgan fingerprint density at radius 2 is 2.00 bits per heavy atom. The molecule has 106 valence electrons. The lowest BCUT2D eigenvalue weighted by Crippen LogP contribution is -2.58. The van der Waals surface area contributed by atoms with Gasteiger partial charge in [0.25, 0.3) is 0 Å². The molecular weight excluding hydrogens is 244 g/mol. The van der Waals surface area contributed by atoms with Crippen LogP contribution in [0, 0.1) is 28.6 Å². The van der Waals surface area contributed by atoms with E-state index >= 15 is 0 Å². The SMILES string of the molecule is COC(=O)[C@@]1(C)C[C@@H]2[C@@H]3C=C[C@](C)([C@@H]2C1)[C@@H](O)[C@H]3O. The topological polar surface area (TPSA) is 66.8 Å². The van der Waals surface area contributed by atoms with Crippen LogP contribution in [-0.4, -0.2) is 35.5 Å². The molecule has 4 aliphatic carbocycles. The van der Waals surface area contributed by atoms with Gasteiger partial charge in [-0.25, -0.2) is 0 Å². The largest absolute Gasteiger partial charge is 0.469 e. The second kappa shape index (κ2) is 3.83. The fourth-order valence-corrected chi connectivity index (χ4v) is 4.73. The predicted octanol–water partition coefficient (Wildman–Crippen LogP) is 1.12. The minimum absolute atomic E-state index is 0.0340. The lowest BCUT2D eigenvalue weighted by molar-refractivity contribution is -0.151. The van der Waals surface area contributed by atoms with E-state index in [2.05, 4.69) is 0 Å². The zero-order valence-electron chi connectivity index (χ0n) is 11.7. The number of hydrogen-bond donors (Lipinski definition) is 2. The van der Waals surface area contributed by atoms with E-state index in [4.69, 9.17) is 4.74 Å². The van der Waals surface area contributed by atoms with Crippen LogP contribution in [-0.2, 0) is 9.53 Å². The molecule has 0 aliphatic heterocycles. The van der Waals surface area contributed by atoms with Gasteiger partial charge in [0.2, 0.25) is 0 Å². The molecule has 0 aromatic rings. The molecule has 2 fully saturated rings. The quantitative estimate of drug-likeness (QED) is 0.551. The first-order valence-electron chi connectivity index (χ1n) is 6.97. The van der Waals surface area contributed by atoms with Crippen LogP contribution in [0.2, 0.25) is 0 Å². The van der Waals surface area contributed by atoms with Crippen molar-refractivity contribution in [1.82, 2.24) is 0 Å². The normalized spacial score (nSPS) is 55.1. The molecule has 0 aromatic carbocycles. The number of methoxy groups -OCH3 is 1. The number of rotatable bonds is 1. The number of ether oxygens (including phenoxy) is 1. The summed E-state index contributed by atoms with van der Waals surface area (Å²) in [7, 11) is 1.42. The van der Waals surface area contributed by atoms with Crippen molar-refractivity contribution >= 4 is 5.97 Å². The predicted molar refractivity (Wildman–Crippen MR) is 69.1 cm³/mol. The van der Waals surface area contributed by atoms with Crippen LogP contribution in [0.4, 0.5) is 0 Å². The maximum atomic E-state index is 12.0. The highest BCUT2D eigenvalue weighted by molar-refractivity contribution is 5.76. The highest BCUT2D eigenvalue weighted by Gasteiger charge is 2.63. The number of aliphatic hydroxyl groups excluding tert-OH is 2. The van der Waals surface area contributed by atoms with Crippen LogP contribution in [0.5, 0.6) is 0 Å². The molecule has 2 saturated carbocycles. The maximum absolute atomic E-state index is 12.0. The van der Waals surface area contributed by atoms with E-state index < -0.39 is 23.0 Å². The molecule has 0 saturated heterocycles. The second-order valence-corrected chi connectivity index (χ2v) is 6.97. The molecule has 0 unspecified atom stereocenters. The Morgan fingerprint density at radius 1 is 1.32 bits per heavy atom. The number of esters is 1. The number of hydrogen-bond acceptors (Lipinski definition) is 4. The molecule has 4 aliphatic rings. The Labute approximate surface area is 113 Å². The van der Waals surface area contributed by atoms with Crippen LogP contribution in [0.3, 0.4) is 0 Å². The van der Waals surface area contributed by atoms with E-state index in [9.17, 15) is 15.0 Å². The molecule has 0 radical (unpaired) electrons. The third-order valence-electron chi connectivity index (χ3n) is 5.88. The van der Waals surface area contributed by atoms with Gasteiger partial charge in [-0.3, -0.25) is 4.79 Å². The Hall–Kier alpha value is -0.870. The first-order valence-corrected chi connectivity index (χ1v) is 6.97. The Balaban J connectivity index is 1.97. The van der Waals surface area contributed by atoms with Crippen LogP contribution >= 0.6 is 0 Å². The number of carbonyl (C=O) groups is 1. The summed E-state index contributed by atoms with van der Waals surface area (Å²) in [6.07, 6.45) is 4.09. The molecule has 0 amide bonds. The minimum atomic E-state index is -0.733. The van der Waals surface area contributed by atoms with Crippen molar-refractivity contribution in [2.24, 2.45) is 28.6 Å². The Morgan fingerprint density at radius 3 is 2.63 bits per heavy atom.